The lowest BCUT2D eigenvalue weighted by Gasteiger charge is -2.33. The number of amides is 2. The molecule has 3 aliphatic rings. The number of halogens is 3. The minimum Gasteiger partial charge on any atom is -0.445 e. The molecule has 2 aromatic rings. The number of nitrogens with zero attached hydrogens (tertiary/aromatic N) is 4. The van der Waals surface area contributed by atoms with Gasteiger partial charge >= 0.3 is 12.3 Å². The number of carbonyl (C=O) groups excluding carboxylic acids is 2. The summed E-state index contributed by atoms with van der Waals surface area (Å²) in [4.78, 5) is 28.8. The predicted octanol–water partition coefficient (Wildman–Crippen LogP) is 4.91. The summed E-state index contributed by atoms with van der Waals surface area (Å²) in [5.41, 5.74) is 2.20. The summed E-state index contributed by atoms with van der Waals surface area (Å²) >= 11 is 0. The topological polar surface area (TPSA) is 86.6 Å². The number of fused-ring (bicyclic) bond motifs is 1. The number of likely N-dealkylation sites (tertiary alicyclic amines) is 2. The van der Waals surface area contributed by atoms with Gasteiger partial charge in [0.2, 0.25) is 0 Å². The molecule has 3 heterocycles. The van der Waals surface area contributed by atoms with E-state index in [1.165, 1.54) is 12.1 Å². The van der Waals surface area contributed by atoms with Crippen molar-refractivity contribution in [3.05, 3.63) is 64.7 Å². The number of hydrogen-bond acceptors (Lipinski definition) is 6. The molecule has 0 spiro atoms. The standard InChI is InChI=1S/C26H28F3N5O3/c27-26(28,29)20-5-1-17(2-6-20)16-37-25(36)33-10-7-21(8-11-33)31-22-9-12-34(15-22)24(35)18-3-4-19-14-30-32-23(19)13-18/h1-6,13,21-22,31H,7-12,14-16H2. The number of hydrogen-bond donors (Lipinski definition) is 1. The fraction of sp³-hybridized carbons (Fsp3) is 0.462. The molecule has 0 saturated carbocycles. The normalized spacial score (nSPS) is 19.8. The molecular weight excluding hydrogens is 487 g/mol. The molecule has 2 amide bonds. The molecule has 0 radical (unpaired) electrons. The summed E-state index contributed by atoms with van der Waals surface area (Å²) in [5.74, 6) is -0.000175. The van der Waals surface area contributed by atoms with E-state index in [9.17, 15) is 22.8 Å². The summed E-state index contributed by atoms with van der Waals surface area (Å²) in [5, 5.41) is 11.7. The Morgan fingerprint density at radius 1 is 0.973 bits per heavy atom. The van der Waals surface area contributed by atoms with E-state index in [2.05, 4.69) is 15.5 Å². The number of benzene rings is 2. The third-order valence-electron chi connectivity index (χ3n) is 7.10. The third-order valence-corrected chi connectivity index (χ3v) is 7.10. The summed E-state index contributed by atoms with van der Waals surface area (Å²) in [7, 11) is 0. The van der Waals surface area contributed by atoms with E-state index in [0.29, 0.717) is 43.9 Å². The van der Waals surface area contributed by atoms with Gasteiger partial charge in [-0.1, -0.05) is 18.2 Å². The van der Waals surface area contributed by atoms with Crippen molar-refractivity contribution >= 4 is 17.7 Å². The molecule has 1 unspecified atom stereocenters. The molecule has 0 bridgehead atoms. The Balaban J connectivity index is 1.04. The van der Waals surface area contributed by atoms with Gasteiger partial charge in [0.05, 0.1) is 17.8 Å². The lowest BCUT2D eigenvalue weighted by molar-refractivity contribution is -0.137. The van der Waals surface area contributed by atoms with Crippen LogP contribution in [0.15, 0.2) is 52.7 Å². The highest BCUT2D eigenvalue weighted by molar-refractivity contribution is 5.95. The fourth-order valence-corrected chi connectivity index (χ4v) is 4.96. The van der Waals surface area contributed by atoms with Crippen LogP contribution in [-0.2, 0) is 24.1 Å². The fourth-order valence-electron chi connectivity index (χ4n) is 4.96. The molecule has 0 aromatic heterocycles. The first-order chi connectivity index (χ1) is 17.8. The average Bonchev–Trinajstić information content (AvgIpc) is 3.56. The van der Waals surface area contributed by atoms with Crippen LogP contribution in [0.1, 0.15) is 46.3 Å². The summed E-state index contributed by atoms with van der Waals surface area (Å²) in [6, 6.07) is 10.6. The Morgan fingerprint density at radius 2 is 1.68 bits per heavy atom. The molecule has 37 heavy (non-hydrogen) atoms. The van der Waals surface area contributed by atoms with Gasteiger partial charge in [-0.05, 0) is 49.1 Å². The third kappa shape index (κ3) is 5.93. The lowest BCUT2D eigenvalue weighted by atomic mass is 10.0. The van der Waals surface area contributed by atoms with Crippen LogP contribution in [-0.4, -0.2) is 60.1 Å². The number of nitrogens with one attached hydrogen (secondary N) is 1. The second-order valence-corrected chi connectivity index (χ2v) is 9.66. The van der Waals surface area contributed by atoms with Gasteiger partial charge in [-0.15, -0.1) is 0 Å². The van der Waals surface area contributed by atoms with E-state index in [4.69, 9.17) is 4.74 Å². The van der Waals surface area contributed by atoms with E-state index in [1.807, 2.05) is 17.0 Å². The van der Waals surface area contributed by atoms with Crippen molar-refractivity contribution in [1.82, 2.24) is 15.1 Å². The average molecular weight is 516 g/mol. The van der Waals surface area contributed by atoms with Crippen LogP contribution in [0.5, 0.6) is 0 Å². The van der Waals surface area contributed by atoms with E-state index in [1.54, 1.807) is 11.0 Å². The van der Waals surface area contributed by atoms with Crippen LogP contribution in [0.3, 0.4) is 0 Å². The Bertz CT molecular complexity index is 1180. The molecule has 2 saturated heterocycles. The SMILES string of the molecule is O=C(OCc1ccc(C(F)(F)F)cc1)N1CCC(NC2CCN(C(=O)c3ccc4c(c3)N=NC4)C2)CC1. The molecule has 196 valence electrons. The monoisotopic (exact) mass is 515 g/mol. The van der Waals surface area contributed by atoms with E-state index in [-0.39, 0.29) is 24.6 Å². The first kappa shape index (κ1) is 25.2. The molecule has 11 heteroatoms. The molecule has 2 aromatic carbocycles. The van der Waals surface area contributed by atoms with Gasteiger partial charge in [-0.2, -0.15) is 23.4 Å². The second kappa shape index (κ2) is 10.5. The van der Waals surface area contributed by atoms with Crippen LogP contribution in [0.4, 0.5) is 23.7 Å². The lowest BCUT2D eigenvalue weighted by Crippen LogP contribution is -2.48. The molecule has 0 aliphatic carbocycles. The van der Waals surface area contributed by atoms with Crippen molar-refractivity contribution in [2.45, 2.75) is 50.7 Å². The minimum absolute atomic E-state index is 0.000175. The highest BCUT2D eigenvalue weighted by atomic mass is 19.4. The van der Waals surface area contributed by atoms with Crippen molar-refractivity contribution in [2.24, 2.45) is 10.2 Å². The second-order valence-electron chi connectivity index (χ2n) is 9.66. The Kier molecular flexibility index (Phi) is 7.14. The van der Waals surface area contributed by atoms with Crippen LogP contribution < -0.4 is 5.32 Å². The number of rotatable bonds is 5. The number of piperidine rings is 1. The van der Waals surface area contributed by atoms with Gasteiger partial charge in [0.15, 0.2) is 0 Å². The van der Waals surface area contributed by atoms with E-state index < -0.39 is 17.8 Å². The van der Waals surface area contributed by atoms with E-state index >= 15 is 0 Å². The minimum atomic E-state index is -4.39. The maximum Gasteiger partial charge on any atom is 0.416 e. The van der Waals surface area contributed by atoms with Crippen molar-refractivity contribution in [3.8, 4) is 0 Å². The molecule has 8 nitrogen and oxygen atoms in total. The summed E-state index contributed by atoms with van der Waals surface area (Å²) < 4.78 is 43.3. The van der Waals surface area contributed by atoms with Crippen LogP contribution in [0, 0.1) is 0 Å². The van der Waals surface area contributed by atoms with Gasteiger partial charge in [-0.25, -0.2) is 4.79 Å². The maximum atomic E-state index is 12.9. The first-order valence-electron chi connectivity index (χ1n) is 12.4. The molecule has 2 fully saturated rings. The molecule has 3 aliphatic heterocycles. The zero-order valence-electron chi connectivity index (χ0n) is 20.2. The highest BCUT2D eigenvalue weighted by Gasteiger charge is 2.32. The number of ether oxygens (including phenoxy) is 1. The summed E-state index contributed by atoms with van der Waals surface area (Å²) in [6.07, 6.45) is -2.48. The Labute approximate surface area is 212 Å². The quantitative estimate of drug-likeness (QED) is 0.613. The predicted molar refractivity (Wildman–Crippen MR) is 128 cm³/mol. The first-order valence-corrected chi connectivity index (χ1v) is 12.4. The number of azo groups is 1. The smallest absolute Gasteiger partial charge is 0.416 e. The highest BCUT2D eigenvalue weighted by Crippen LogP contribution is 2.30. The van der Waals surface area contributed by atoms with Crippen molar-refractivity contribution in [1.29, 1.82) is 0 Å². The zero-order valence-corrected chi connectivity index (χ0v) is 20.2. The summed E-state index contributed by atoms with van der Waals surface area (Å²) in [6.45, 7) is 2.87. The van der Waals surface area contributed by atoms with Crippen LogP contribution in [0.2, 0.25) is 0 Å². The van der Waals surface area contributed by atoms with E-state index in [0.717, 1.165) is 42.6 Å². The van der Waals surface area contributed by atoms with Crippen molar-refractivity contribution in [2.75, 3.05) is 26.2 Å². The molecule has 1 N–H and O–H groups in total. The number of alkyl halides is 3. The molecular formula is C26H28F3N5O3. The van der Waals surface area contributed by atoms with Crippen LogP contribution in [0.25, 0.3) is 0 Å². The molecule has 5 rings (SSSR count). The van der Waals surface area contributed by atoms with Gasteiger partial charge in [0.1, 0.15) is 6.61 Å². The largest absolute Gasteiger partial charge is 0.445 e. The zero-order chi connectivity index (χ0) is 26.0. The maximum absolute atomic E-state index is 12.9. The molecule has 1 atom stereocenters. The van der Waals surface area contributed by atoms with Crippen molar-refractivity contribution in [3.63, 3.8) is 0 Å². The van der Waals surface area contributed by atoms with Gasteiger partial charge < -0.3 is 19.9 Å². The van der Waals surface area contributed by atoms with Crippen molar-refractivity contribution < 1.29 is 27.5 Å². The Hall–Kier alpha value is -3.47. The van der Waals surface area contributed by atoms with Gasteiger partial charge in [0.25, 0.3) is 5.91 Å². The van der Waals surface area contributed by atoms with Gasteiger partial charge in [0, 0.05) is 49.4 Å². The van der Waals surface area contributed by atoms with Gasteiger partial charge in [-0.3, -0.25) is 4.79 Å². The Morgan fingerprint density at radius 3 is 2.41 bits per heavy atom. The van der Waals surface area contributed by atoms with Crippen LogP contribution >= 0.6 is 0 Å². The number of carbonyl (C=O) groups is 2.